The van der Waals surface area contributed by atoms with Crippen LogP contribution in [0.1, 0.15) is 31.5 Å². The third-order valence-electron chi connectivity index (χ3n) is 2.48. The first-order valence-corrected chi connectivity index (χ1v) is 6.34. The quantitative estimate of drug-likeness (QED) is 0.645. The molecule has 1 atom stereocenters. The highest BCUT2D eigenvalue weighted by molar-refractivity contribution is 6.63. The summed E-state index contributed by atoms with van der Waals surface area (Å²) in [4.78, 5) is 22.3. The van der Waals surface area contributed by atoms with Crippen molar-refractivity contribution in [2.45, 2.75) is 32.7 Å². The number of nitrogens with one attached hydrogen (secondary N) is 1. The summed E-state index contributed by atoms with van der Waals surface area (Å²) < 4.78 is 1.51. The van der Waals surface area contributed by atoms with E-state index in [1.165, 1.54) is 4.68 Å². The molecule has 0 aliphatic carbocycles. The molecule has 1 rings (SSSR count). The van der Waals surface area contributed by atoms with Gasteiger partial charge >= 0.3 is 0 Å². The molecule has 0 aliphatic rings. The van der Waals surface area contributed by atoms with E-state index in [1.807, 2.05) is 0 Å². The average Bonchev–Trinajstić information content (AvgIpc) is 2.63. The predicted octanol–water partition coefficient (Wildman–Crippen LogP) is 2.07. The molecule has 18 heavy (non-hydrogen) atoms. The number of halogens is 2. The van der Waals surface area contributed by atoms with Crippen molar-refractivity contribution in [2.24, 2.45) is 0 Å². The molecule has 1 N–H and O–H groups in total. The van der Waals surface area contributed by atoms with Gasteiger partial charge in [-0.05, 0) is 31.9 Å². The van der Waals surface area contributed by atoms with Crippen LogP contribution in [0.3, 0.4) is 0 Å². The summed E-state index contributed by atoms with van der Waals surface area (Å²) in [7, 11) is 0. The number of carbonyl (C=O) groups is 2. The second kappa shape index (κ2) is 6.75. The van der Waals surface area contributed by atoms with E-state index >= 15 is 0 Å². The minimum atomic E-state index is -0.442. The topological polar surface area (TPSA) is 64.0 Å². The second-order valence-corrected chi connectivity index (χ2v) is 4.80. The molecule has 0 aliphatic heterocycles. The molecule has 100 valence electrons. The Morgan fingerprint density at radius 1 is 1.56 bits per heavy atom. The van der Waals surface area contributed by atoms with E-state index in [9.17, 15) is 9.59 Å². The van der Waals surface area contributed by atoms with Crippen molar-refractivity contribution in [2.75, 3.05) is 6.54 Å². The van der Waals surface area contributed by atoms with Gasteiger partial charge in [0.15, 0.2) is 0 Å². The van der Waals surface area contributed by atoms with Crippen LogP contribution in [0.5, 0.6) is 0 Å². The Kier molecular flexibility index (Phi) is 5.62. The first-order chi connectivity index (χ1) is 8.41. The first kappa shape index (κ1) is 15.0. The number of nitrogens with zero attached hydrogens (tertiary/aromatic N) is 2. The number of aromatic nitrogens is 2. The number of aryl methyl sites for hydroxylation is 1. The number of hydrogen-bond acceptors (Lipinski definition) is 3. The van der Waals surface area contributed by atoms with Crippen LogP contribution in [0.2, 0.25) is 5.02 Å². The SMILES string of the molecule is Cc1nn(C(C)C(=O)NCCCC(=O)Cl)cc1Cl. The highest BCUT2D eigenvalue weighted by Crippen LogP contribution is 2.15. The fourth-order valence-electron chi connectivity index (χ4n) is 1.36. The average molecular weight is 292 g/mol. The number of rotatable bonds is 6. The van der Waals surface area contributed by atoms with Crippen LogP contribution < -0.4 is 5.32 Å². The van der Waals surface area contributed by atoms with Crippen molar-refractivity contribution >= 4 is 34.4 Å². The largest absolute Gasteiger partial charge is 0.354 e. The molecular formula is C11H15Cl2N3O2. The van der Waals surface area contributed by atoms with Gasteiger partial charge in [0.05, 0.1) is 10.7 Å². The molecule has 0 saturated carbocycles. The fourth-order valence-corrected chi connectivity index (χ4v) is 1.64. The predicted molar refractivity (Wildman–Crippen MR) is 69.8 cm³/mol. The van der Waals surface area contributed by atoms with E-state index in [0.717, 1.165) is 0 Å². The number of amides is 1. The molecule has 1 heterocycles. The lowest BCUT2D eigenvalue weighted by Gasteiger charge is -2.12. The van der Waals surface area contributed by atoms with Gasteiger partial charge in [-0.1, -0.05) is 11.6 Å². The molecule has 0 aromatic carbocycles. The Balaban J connectivity index is 2.44. The van der Waals surface area contributed by atoms with Gasteiger partial charge in [-0.25, -0.2) is 0 Å². The molecule has 0 radical (unpaired) electrons. The Morgan fingerprint density at radius 3 is 2.72 bits per heavy atom. The van der Waals surface area contributed by atoms with Crippen molar-refractivity contribution in [3.05, 3.63) is 16.9 Å². The van der Waals surface area contributed by atoms with E-state index in [4.69, 9.17) is 23.2 Å². The van der Waals surface area contributed by atoms with Crippen molar-refractivity contribution < 1.29 is 9.59 Å². The maximum absolute atomic E-state index is 11.8. The van der Waals surface area contributed by atoms with Gasteiger partial charge in [0.25, 0.3) is 0 Å². The van der Waals surface area contributed by atoms with Crippen LogP contribution in [0, 0.1) is 6.92 Å². The second-order valence-electron chi connectivity index (χ2n) is 3.97. The third kappa shape index (κ3) is 4.31. The molecule has 1 aromatic rings. The van der Waals surface area contributed by atoms with Crippen LogP contribution >= 0.6 is 23.2 Å². The van der Waals surface area contributed by atoms with E-state index in [2.05, 4.69) is 10.4 Å². The minimum absolute atomic E-state index is 0.170. The van der Waals surface area contributed by atoms with Crippen molar-refractivity contribution in [1.29, 1.82) is 0 Å². The van der Waals surface area contributed by atoms with Crippen LogP contribution in [-0.2, 0) is 9.59 Å². The van der Waals surface area contributed by atoms with E-state index in [-0.39, 0.29) is 12.3 Å². The Labute approximate surface area is 115 Å². The lowest BCUT2D eigenvalue weighted by Crippen LogP contribution is -2.32. The van der Waals surface area contributed by atoms with Gasteiger partial charge in [0.2, 0.25) is 11.1 Å². The van der Waals surface area contributed by atoms with Gasteiger partial charge in [-0.15, -0.1) is 0 Å². The molecule has 0 fully saturated rings. The molecule has 7 heteroatoms. The van der Waals surface area contributed by atoms with Crippen LogP contribution in [0.15, 0.2) is 6.20 Å². The van der Waals surface area contributed by atoms with Gasteiger partial charge in [0.1, 0.15) is 6.04 Å². The highest BCUT2D eigenvalue weighted by atomic mass is 35.5. The lowest BCUT2D eigenvalue weighted by molar-refractivity contribution is -0.124. The zero-order valence-corrected chi connectivity index (χ0v) is 11.8. The molecule has 1 aromatic heterocycles. The summed E-state index contributed by atoms with van der Waals surface area (Å²) >= 11 is 11.1. The molecule has 5 nitrogen and oxygen atoms in total. The molecule has 1 unspecified atom stereocenters. The smallest absolute Gasteiger partial charge is 0.244 e. The standard InChI is InChI=1S/C11H15Cl2N3O2/c1-7-9(12)6-16(15-7)8(2)11(18)14-5-3-4-10(13)17/h6,8H,3-5H2,1-2H3,(H,14,18). The van der Waals surface area contributed by atoms with Gasteiger partial charge in [-0.2, -0.15) is 5.10 Å². The molecule has 0 spiro atoms. The monoisotopic (exact) mass is 291 g/mol. The van der Waals surface area contributed by atoms with Crippen LogP contribution in [-0.4, -0.2) is 27.5 Å². The fraction of sp³-hybridized carbons (Fsp3) is 0.545. The summed E-state index contributed by atoms with van der Waals surface area (Å²) in [5.74, 6) is -0.170. The van der Waals surface area contributed by atoms with Gasteiger partial charge < -0.3 is 5.32 Å². The van der Waals surface area contributed by atoms with Gasteiger partial charge in [0, 0.05) is 19.2 Å². The Morgan fingerprint density at radius 2 is 2.22 bits per heavy atom. The zero-order chi connectivity index (χ0) is 13.7. The Bertz CT molecular complexity index is 426. The first-order valence-electron chi connectivity index (χ1n) is 5.59. The van der Waals surface area contributed by atoms with Crippen LogP contribution in [0.4, 0.5) is 0 Å². The van der Waals surface area contributed by atoms with Crippen molar-refractivity contribution in [3.8, 4) is 0 Å². The maximum atomic E-state index is 11.8. The lowest BCUT2D eigenvalue weighted by atomic mass is 10.3. The zero-order valence-electron chi connectivity index (χ0n) is 10.2. The molecule has 0 saturated heterocycles. The summed E-state index contributed by atoms with van der Waals surface area (Å²) in [6, 6.07) is -0.442. The van der Waals surface area contributed by atoms with E-state index in [1.54, 1.807) is 20.0 Å². The maximum Gasteiger partial charge on any atom is 0.244 e. The summed E-state index contributed by atoms with van der Waals surface area (Å²) in [6.07, 6.45) is 2.39. The van der Waals surface area contributed by atoms with Gasteiger partial charge in [-0.3, -0.25) is 14.3 Å². The van der Waals surface area contributed by atoms with E-state index in [0.29, 0.717) is 23.7 Å². The van der Waals surface area contributed by atoms with Crippen molar-refractivity contribution in [1.82, 2.24) is 15.1 Å². The summed E-state index contributed by atoms with van der Waals surface area (Å²) in [5.41, 5.74) is 0.684. The Hall–Kier alpha value is -1.07. The molecule has 1 amide bonds. The summed E-state index contributed by atoms with van der Waals surface area (Å²) in [5, 5.41) is 6.98. The highest BCUT2D eigenvalue weighted by Gasteiger charge is 2.16. The van der Waals surface area contributed by atoms with E-state index < -0.39 is 11.3 Å². The van der Waals surface area contributed by atoms with Crippen molar-refractivity contribution in [3.63, 3.8) is 0 Å². The normalized spacial score (nSPS) is 12.2. The summed E-state index contributed by atoms with van der Waals surface area (Å²) in [6.45, 7) is 3.91. The molecular weight excluding hydrogens is 277 g/mol. The molecule has 0 bridgehead atoms. The van der Waals surface area contributed by atoms with Crippen LogP contribution in [0.25, 0.3) is 0 Å². The number of hydrogen-bond donors (Lipinski definition) is 1. The number of carbonyl (C=O) groups excluding carboxylic acids is 2. The minimum Gasteiger partial charge on any atom is -0.354 e. The third-order valence-corrected chi connectivity index (χ3v) is 3.04.